The maximum absolute atomic E-state index is 13.8. The molecular formula is C28H26O8. The zero-order chi connectivity index (χ0) is 25.8. The van der Waals surface area contributed by atoms with E-state index in [4.69, 9.17) is 18.9 Å². The Hall–Kier alpha value is -4.20. The summed E-state index contributed by atoms with van der Waals surface area (Å²) < 4.78 is 20.8. The molecule has 186 valence electrons. The van der Waals surface area contributed by atoms with Gasteiger partial charge in [-0.2, -0.15) is 0 Å². The summed E-state index contributed by atoms with van der Waals surface area (Å²) in [6, 6.07) is 11.8. The third-order valence-electron chi connectivity index (χ3n) is 5.78. The summed E-state index contributed by atoms with van der Waals surface area (Å²) in [6.45, 7) is 5.89. The lowest BCUT2D eigenvalue weighted by atomic mass is 9.83. The van der Waals surface area contributed by atoms with Gasteiger partial charge >= 0.3 is 12.3 Å². The first kappa shape index (κ1) is 24.9. The number of fused-ring (bicyclic) bond motifs is 3. The van der Waals surface area contributed by atoms with Crippen LogP contribution in [0.25, 0.3) is 22.7 Å². The predicted molar refractivity (Wildman–Crippen MR) is 130 cm³/mol. The van der Waals surface area contributed by atoms with Crippen LogP contribution in [0.4, 0.5) is 9.59 Å². The van der Waals surface area contributed by atoms with E-state index < -0.39 is 23.9 Å². The van der Waals surface area contributed by atoms with E-state index in [1.165, 1.54) is 0 Å². The third kappa shape index (κ3) is 4.54. The van der Waals surface area contributed by atoms with Gasteiger partial charge in [-0.25, -0.2) is 9.59 Å². The topological polar surface area (TPSA) is 105 Å². The predicted octanol–water partition coefficient (Wildman–Crippen LogP) is 1.76. The van der Waals surface area contributed by atoms with Crippen molar-refractivity contribution in [3.05, 3.63) is 68.9 Å². The van der Waals surface area contributed by atoms with Gasteiger partial charge in [0.25, 0.3) is 0 Å². The molecule has 0 saturated heterocycles. The van der Waals surface area contributed by atoms with Crippen LogP contribution < -0.4 is 20.9 Å². The summed E-state index contributed by atoms with van der Waals surface area (Å²) >= 11 is 0. The van der Waals surface area contributed by atoms with Crippen LogP contribution in [0.3, 0.4) is 0 Å². The summed E-state index contributed by atoms with van der Waals surface area (Å²) in [4.78, 5) is 52.1. The maximum Gasteiger partial charge on any atom is 0.513 e. The highest BCUT2D eigenvalue weighted by atomic mass is 16.7. The molecule has 8 heteroatoms. The molecule has 0 unspecified atom stereocenters. The minimum Gasteiger partial charge on any atom is -0.434 e. The average Bonchev–Trinajstić information content (AvgIpc) is 2.89. The molecular weight excluding hydrogens is 464 g/mol. The van der Waals surface area contributed by atoms with Gasteiger partial charge in [0.2, 0.25) is 11.6 Å². The van der Waals surface area contributed by atoms with Crippen molar-refractivity contribution in [3.63, 3.8) is 0 Å². The van der Waals surface area contributed by atoms with Gasteiger partial charge in [0.15, 0.2) is 11.5 Å². The first-order chi connectivity index (χ1) is 17.4. The smallest absolute Gasteiger partial charge is 0.434 e. The zero-order valence-corrected chi connectivity index (χ0v) is 20.3. The molecule has 0 aromatic heterocycles. The van der Waals surface area contributed by atoms with Crippen molar-refractivity contribution in [2.45, 2.75) is 40.0 Å². The van der Waals surface area contributed by atoms with Crippen LogP contribution in [0.2, 0.25) is 0 Å². The number of hydrogen-bond donors (Lipinski definition) is 0. The fourth-order valence-corrected chi connectivity index (χ4v) is 4.13. The van der Waals surface area contributed by atoms with Crippen molar-refractivity contribution in [2.24, 2.45) is 0 Å². The highest BCUT2D eigenvalue weighted by molar-refractivity contribution is 6.58. The second kappa shape index (κ2) is 10.6. The van der Waals surface area contributed by atoms with Gasteiger partial charge in [-0.15, -0.1) is 0 Å². The molecule has 0 N–H and O–H groups in total. The van der Waals surface area contributed by atoms with Gasteiger partial charge in [-0.05, 0) is 41.3 Å². The number of hydrogen-bond acceptors (Lipinski definition) is 8. The summed E-state index contributed by atoms with van der Waals surface area (Å²) in [5, 5.41) is 1.34. The molecule has 36 heavy (non-hydrogen) atoms. The molecule has 0 fully saturated rings. The van der Waals surface area contributed by atoms with Crippen LogP contribution in [0.5, 0.6) is 0 Å². The Labute approximate surface area is 207 Å². The highest BCUT2D eigenvalue weighted by Gasteiger charge is 2.37. The summed E-state index contributed by atoms with van der Waals surface area (Å²) in [5.41, 5.74) is 1.02. The molecule has 0 amide bonds. The fraction of sp³-hybridized carbons (Fsp3) is 0.286. The Balaban J connectivity index is 2.01. The lowest BCUT2D eigenvalue weighted by molar-refractivity contribution is -0.112. The second-order valence-electron chi connectivity index (χ2n) is 8.25. The number of rotatable bonds is 7. The second-order valence-corrected chi connectivity index (χ2v) is 8.25. The molecule has 2 aromatic carbocycles. The molecule has 0 heterocycles. The molecule has 8 nitrogen and oxygen atoms in total. The van der Waals surface area contributed by atoms with E-state index in [1.807, 2.05) is 26.8 Å². The first-order valence-corrected chi connectivity index (χ1v) is 11.9. The average molecular weight is 491 g/mol. The zero-order valence-electron chi connectivity index (χ0n) is 20.3. The molecule has 0 atom stereocenters. The van der Waals surface area contributed by atoms with Crippen LogP contribution in [-0.2, 0) is 35.0 Å². The molecule has 0 bridgehead atoms. The molecule has 2 aromatic rings. The summed E-state index contributed by atoms with van der Waals surface area (Å²) in [5.74, 6) is -1.71. The number of ether oxygens (including phenoxy) is 4. The standard InChI is InChI=1S/C28H26O8/c1-4-13-33-27(31)35-25-19-10-8-7-9-17(19)21-22(23(25)29)18-12-11-16(6-3)15-20(18)26(24(21)30)36-28(32)34-14-5-2/h7-12,15H,4-6,13-14H2,1-3H3. The van der Waals surface area contributed by atoms with Gasteiger partial charge in [-0.3, -0.25) is 9.59 Å². The van der Waals surface area contributed by atoms with Gasteiger partial charge in [0.05, 0.1) is 13.2 Å². The van der Waals surface area contributed by atoms with Crippen molar-refractivity contribution in [1.29, 1.82) is 0 Å². The van der Waals surface area contributed by atoms with Crippen LogP contribution in [-0.4, -0.2) is 37.1 Å². The number of Topliss-reactive ketones (excluding diaryl/α,β-unsaturated/α-hetero) is 2. The Morgan fingerprint density at radius 2 is 1.17 bits per heavy atom. The van der Waals surface area contributed by atoms with Crippen LogP contribution in [0.1, 0.15) is 39.2 Å². The first-order valence-electron chi connectivity index (χ1n) is 11.9. The van der Waals surface area contributed by atoms with Crippen LogP contribution in [0, 0.1) is 0 Å². The van der Waals surface area contributed by atoms with E-state index in [-0.39, 0.29) is 41.1 Å². The summed E-state index contributed by atoms with van der Waals surface area (Å²) in [6.07, 6.45) is -0.170. The molecule has 2 aliphatic rings. The lowest BCUT2D eigenvalue weighted by Crippen LogP contribution is -2.48. The van der Waals surface area contributed by atoms with E-state index in [9.17, 15) is 19.2 Å². The Morgan fingerprint density at radius 1 is 0.667 bits per heavy atom. The van der Waals surface area contributed by atoms with Crippen molar-refractivity contribution in [3.8, 4) is 0 Å². The number of ketones is 2. The van der Waals surface area contributed by atoms with Gasteiger partial charge in [0.1, 0.15) is 0 Å². The third-order valence-corrected chi connectivity index (χ3v) is 5.78. The Morgan fingerprint density at radius 3 is 1.69 bits per heavy atom. The number of carbonyl (C=O) groups excluding carboxylic acids is 4. The van der Waals surface area contributed by atoms with Crippen molar-refractivity contribution in [1.82, 2.24) is 0 Å². The molecule has 0 saturated carbocycles. The maximum atomic E-state index is 13.8. The van der Waals surface area contributed by atoms with E-state index in [0.29, 0.717) is 34.9 Å². The number of carbonyl (C=O) groups is 4. The normalized spacial score (nSPS) is 14.1. The fourth-order valence-electron chi connectivity index (χ4n) is 4.13. The minimum atomic E-state index is -1.00. The van der Waals surface area contributed by atoms with Crippen molar-refractivity contribution in [2.75, 3.05) is 13.2 Å². The lowest BCUT2D eigenvalue weighted by Gasteiger charge is -2.22. The molecule has 0 radical (unpaired) electrons. The minimum absolute atomic E-state index is 0.0694. The Kier molecular flexibility index (Phi) is 7.33. The van der Waals surface area contributed by atoms with E-state index in [1.54, 1.807) is 36.4 Å². The van der Waals surface area contributed by atoms with E-state index >= 15 is 0 Å². The Bertz CT molecular complexity index is 1510. The summed E-state index contributed by atoms with van der Waals surface area (Å²) in [7, 11) is 0. The van der Waals surface area contributed by atoms with Crippen molar-refractivity contribution >= 4 is 46.5 Å². The molecule has 0 aliphatic heterocycles. The molecule has 4 rings (SSSR count). The van der Waals surface area contributed by atoms with E-state index in [2.05, 4.69) is 0 Å². The molecule has 0 spiro atoms. The molecule has 2 aliphatic carbocycles. The van der Waals surface area contributed by atoms with Crippen molar-refractivity contribution < 1.29 is 38.1 Å². The van der Waals surface area contributed by atoms with Crippen LogP contribution >= 0.6 is 0 Å². The van der Waals surface area contributed by atoms with Gasteiger partial charge in [0, 0.05) is 21.6 Å². The largest absolute Gasteiger partial charge is 0.513 e. The monoisotopic (exact) mass is 490 g/mol. The number of benzene rings is 2. The van der Waals surface area contributed by atoms with Crippen LogP contribution in [0.15, 0.2) is 42.5 Å². The number of aryl methyl sites for hydroxylation is 1. The van der Waals surface area contributed by atoms with Gasteiger partial charge in [-0.1, -0.05) is 57.2 Å². The highest BCUT2D eigenvalue weighted by Crippen LogP contribution is 2.26. The van der Waals surface area contributed by atoms with Gasteiger partial charge < -0.3 is 18.9 Å². The quantitative estimate of drug-likeness (QED) is 0.541. The van der Waals surface area contributed by atoms with E-state index in [0.717, 1.165) is 5.56 Å². The SMILES string of the molecule is CCCOC(=O)OC1=c2ccccc2=C2C(=O)C(OC(=O)OCCC)=c3cc(CC)ccc3=C2C1=O.